The number of alkyl halides is 3. The minimum Gasteiger partial charge on any atom is -0.369 e. The van der Waals surface area contributed by atoms with Gasteiger partial charge in [-0.05, 0) is 19.3 Å². The molecule has 2 bridgehead atoms. The molecule has 5 heteroatoms. The monoisotopic (exact) mass is 179 g/mol. The number of hydrogen-bond donors (Lipinski definition) is 1. The Balaban J connectivity index is 2.09. The highest BCUT2D eigenvalue weighted by atomic mass is 19.4. The maximum atomic E-state index is 12.2. The van der Waals surface area contributed by atoms with Crippen LogP contribution in [0.4, 0.5) is 13.2 Å². The molecule has 0 aliphatic heterocycles. The van der Waals surface area contributed by atoms with E-state index in [0.29, 0.717) is 0 Å². The van der Waals surface area contributed by atoms with E-state index in [1.54, 1.807) is 0 Å². The van der Waals surface area contributed by atoms with E-state index in [9.17, 15) is 18.0 Å². The molecule has 0 atom stereocenters. The minimum absolute atomic E-state index is 0.0845. The number of rotatable bonds is 1. The van der Waals surface area contributed by atoms with E-state index in [2.05, 4.69) is 0 Å². The summed E-state index contributed by atoms with van der Waals surface area (Å²) in [4.78, 5) is 10.7. The standard InChI is InChI=1S/C7H8F3NO/c8-7(9,10)6-1-5(2-6,3-6)4(11)12/h1-3H2,(H2,11,12). The molecule has 3 rings (SSSR count). The summed E-state index contributed by atoms with van der Waals surface area (Å²) in [5.41, 5.74) is 2.62. The molecule has 0 saturated heterocycles. The van der Waals surface area contributed by atoms with Gasteiger partial charge in [0.15, 0.2) is 0 Å². The van der Waals surface area contributed by atoms with Crippen molar-refractivity contribution in [2.45, 2.75) is 25.4 Å². The summed E-state index contributed by atoms with van der Waals surface area (Å²) in [5, 5.41) is 0. The van der Waals surface area contributed by atoms with Crippen molar-refractivity contribution in [2.75, 3.05) is 0 Å². The fraction of sp³-hybridized carbons (Fsp3) is 0.857. The Labute approximate surface area is 66.9 Å². The van der Waals surface area contributed by atoms with E-state index in [-0.39, 0.29) is 19.3 Å². The van der Waals surface area contributed by atoms with Crippen molar-refractivity contribution in [1.29, 1.82) is 0 Å². The van der Waals surface area contributed by atoms with Gasteiger partial charge in [-0.15, -0.1) is 0 Å². The zero-order valence-electron chi connectivity index (χ0n) is 6.24. The normalized spacial score (nSPS) is 44.6. The first-order chi connectivity index (χ1) is 5.31. The molecular formula is C7H8F3NO. The van der Waals surface area contributed by atoms with Gasteiger partial charge in [0.1, 0.15) is 0 Å². The zero-order valence-corrected chi connectivity index (χ0v) is 6.24. The largest absolute Gasteiger partial charge is 0.394 e. The fourth-order valence-corrected chi connectivity index (χ4v) is 2.35. The van der Waals surface area contributed by atoms with Crippen molar-refractivity contribution >= 4 is 5.91 Å². The minimum atomic E-state index is -4.15. The first-order valence-corrected chi connectivity index (χ1v) is 3.68. The topological polar surface area (TPSA) is 43.1 Å². The highest BCUT2D eigenvalue weighted by molar-refractivity contribution is 5.84. The van der Waals surface area contributed by atoms with Gasteiger partial charge >= 0.3 is 6.18 Å². The second kappa shape index (κ2) is 1.63. The van der Waals surface area contributed by atoms with E-state index in [0.717, 1.165) is 0 Å². The second-order valence-electron chi connectivity index (χ2n) is 3.95. The number of primary amides is 1. The Hall–Kier alpha value is -0.740. The summed E-state index contributed by atoms with van der Waals surface area (Å²) in [5.74, 6) is -0.575. The van der Waals surface area contributed by atoms with Crippen LogP contribution in [0.2, 0.25) is 0 Å². The summed E-state index contributed by atoms with van der Waals surface area (Å²) in [6.07, 6.45) is -4.40. The molecule has 0 aromatic rings. The third-order valence-corrected chi connectivity index (χ3v) is 3.15. The Morgan fingerprint density at radius 1 is 1.25 bits per heavy atom. The highest BCUT2D eigenvalue weighted by Crippen LogP contribution is 2.78. The third kappa shape index (κ3) is 0.607. The molecule has 3 aliphatic rings. The Morgan fingerprint density at radius 2 is 1.67 bits per heavy atom. The smallest absolute Gasteiger partial charge is 0.369 e. The lowest BCUT2D eigenvalue weighted by Crippen LogP contribution is -2.72. The Kier molecular flexibility index (Phi) is 1.07. The number of amides is 1. The lowest BCUT2D eigenvalue weighted by molar-refractivity contribution is -0.350. The van der Waals surface area contributed by atoms with Crippen molar-refractivity contribution in [3.63, 3.8) is 0 Å². The van der Waals surface area contributed by atoms with Crippen molar-refractivity contribution in [2.24, 2.45) is 16.6 Å². The summed E-state index contributed by atoms with van der Waals surface area (Å²) in [7, 11) is 0. The predicted octanol–water partition coefficient (Wildman–Crippen LogP) is 1.20. The predicted molar refractivity (Wildman–Crippen MR) is 34.0 cm³/mol. The molecular weight excluding hydrogens is 171 g/mol. The average molecular weight is 179 g/mol. The molecule has 0 aromatic heterocycles. The van der Waals surface area contributed by atoms with Crippen LogP contribution in [0, 0.1) is 10.8 Å². The summed E-state index contributed by atoms with van der Waals surface area (Å²) in [6.45, 7) is 0. The van der Waals surface area contributed by atoms with Gasteiger partial charge in [-0.2, -0.15) is 13.2 Å². The van der Waals surface area contributed by atoms with Crippen LogP contribution >= 0.6 is 0 Å². The van der Waals surface area contributed by atoms with Crippen LogP contribution in [0.15, 0.2) is 0 Å². The first kappa shape index (κ1) is 7.89. The van der Waals surface area contributed by atoms with Crippen molar-refractivity contribution in [3.8, 4) is 0 Å². The van der Waals surface area contributed by atoms with Crippen LogP contribution in [0.5, 0.6) is 0 Å². The van der Waals surface area contributed by atoms with Gasteiger partial charge in [-0.1, -0.05) is 0 Å². The van der Waals surface area contributed by atoms with Crippen molar-refractivity contribution in [3.05, 3.63) is 0 Å². The molecule has 0 aromatic carbocycles. The molecule has 0 radical (unpaired) electrons. The lowest BCUT2D eigenvalue weighted by Gasteiger charge is -2.68. The molecule has 1 amide bonds. The van der Waals surface area contributed by atoms with Gasteiger partial charge in [0.2, 0.25) is 5.91 Å². The van der Waals surface area contributed by atoms with Crippen LogP contribution in [0.1, 0.15) is 19.3 Å². The van der Waals surface area contributed by atoms with Crippen molar-refractivity contribution in [1.82, 2.24) is 0 Å². The van der Waals surface area contributed by atoms with Gasteiger partial charge in [0.05, 0.1) is 10.8 Å². The molecule has 68 valence electrons. The van der Waals surface area contributed by atoms with Gasteiger partial charge in [0.25, 0.3) is 0 Å². The number of halogens is 3. The zero-order chi connectivity index (χ0) is 9.20. The fourth-order valence-electron chi connectivity index (χ4n) is 2.35. The highest BCUT2D eigenvalue weighted by Gasteiger charge is 2.80. The molecule has 2 nitrogen and oxygen atoms in total. The lowest BCUT2D eigenvalue weighted by atomic mass is 9.34. The Morgan fingerprint density at radius 3 is 1.92 bits per heavy atom. The molecule has 0 unspecified atom stereocenters. The summed E-state index contributed by atoms with van der Waals surface area (Å²) >= 11 is 0. The van der Waals surface area contributed by atoms with Gasteiger partial charge in [-0.25, -0.2) is 0 Å². The molecule has 2 N–H and O–H groups in total. The summed E-state index contributed by atoms with van der Waals surface area (Å²) in [6, 6.07) is 0. The van der Waals surface area contributed by atoms with E-state index >= 15 is 0 Å². The SMILES string of the molecule is NC(=O)C12CC(C(F)(F)F)(C1)C2. The van der Waals surface area contributed by atoms with Crippen LogP contribution in [-0.4, -0.2) is 12.1 Å². The molecule has 3 saturated carbocycles. The van der Waals surface area contributed by atoms with E-state index in [1.165, 1.54) is 0 Å². The van der Waals surface area contributed by atoms with E-state index in [4.69, 9.17) is 5.73 Å². The van der Waals surface area contributed by atoms with E-state index < -0.39 is 22.9 Å². The van der Waals surface area contributed by atoms with Gasteiger partial charge < -0.3 is 5.73 Å². The molecule has 3 aliphatic carbocycles. The van der Waals surface area contributed by atoms with Crippen molar-refractivity contribution < 1.29 is 18.0 Å². The van der Waals surface area contributed by atoms with Crippen LogP contribution in [0.25, 0.3) is 0 Å². The molecule has 3 fully saturated rings. The average Bonchev–Trinajstić information content (AvgIpc) is 1.46. The number of nitrogens with two attached hydrogens (primary N) is 1. The second-order valence-corrected chi connectivity index (χ2v) is 3.95. The Bertz CT molecular complexity index is 238. The quantitative estimate of drug-likeness (QED) is 0.645. The molecule has 12 heavy (non-hydrogen) atoms. The van der Waals surface area contributed by atoms with Crippen LogP contribution in [0.3, 0.4) is 0 Å². The first-order valence-electron chi connectivity index (χ1n) is 3.68. The van der Waals surface area contributed by atoms with Crippen LogP contribution < -0.4 is 5.73 Å². The maximum Gasteiger partial charge on any atom is 0.394 e. The molecule has 0 heterocycles. The van der Waals surface area contributed by atoms with Gasteiger partial charge in [-0.3, -0.25) is 4.79 Å². The van der Waals surface area contributed by atoms with Gasteiger partial charge in [0, 0.05) is 0 Å². The number of carbonyl (C=O) groups excluding carboxylic acids is 1. The molecule has 0 spiro atoms. The summed E-state index contributed by atoms with van der Waals surface area (Å²) < 4.78 is 36.6. The van der Waals surface area contributed by atoms with E-state index in [1.807, 2.05) is 0 Å². The number of hydrogen-bond acceptors (Lipinski definition) is 1. The third-order valence-electron chi connectivity index (χ3n) is 3.15. The number of carbonyl (C=O) groups is 1. The van der Waals surface area contributed by atoms with Crippen LogP contribution in [-0.2, 0) is 4.79 Å². The maximum absolute atomic E-state index is 12.2.